The van der Waals surface area contributed by atoms with Crippen LogP contribution in [0.5, 0.6) is 0 Å². The molecule has 2 aromatic rings. The summed E-state index contributed by atoms with van der Waals surface area (Å²) in [6.07, 6.45) is 0. The topological polar surface area (TPSA) is 12.0 Å². The molecule has 2 aromatic carbocycles. The van der Waals surface area contributed by atoms with Crippen LogP contribution in [0.3, 0.4) is 0 Å². The Labute approximate surface area is 106 Å². The first-order chi connectivity index (χ1) is 8.36. The number of benzene rings is 2. The average Bonchev–Trinajstić information content (AvgIpc) is 2.38. The van der Waals surface area contributed by atoms with E-state index in [4.69, 9.17) is 11.6 Å². The zero-order chi connectivity index (χ0) is 11.9. The van der Waals surface area contributed by atoms with Gasteiger partial charge < -0.3 is 5.32 Å². The predicted octanol–water partition coefficient (Wildman–Crippen LogP) is 3.80. The molecule has 17 heavy (non-hydrogen) atoms. The maximum absolute atomic E-state index is 6.01. The van der Waals surface area contributed by atoms with Crippen LogP contribution in [-0.4, -0.2) is 6.54 Å². The van der Waals surface area contributed by atoms with Crippen LogP contribution in [0.25, 0.3) is 0 Å². The number of anilines is 1. The van der Waals surface area contributed by atoms with Crippen molar-refractivity contribution >= 4 is 17.3 Å². The van der Waals surface area contributed by atoms with Crippen LogP contribution < -0.4 is 5.32 Å². The fourth-order valence-corrected chi connectivity index (χ4v) is 1.61. The molecule has 0 aliphatic heterocycles. The summed E-state index contributed by atoms with van der Waals surface area (Å²) in [5.74, 6) is 6.14. The summed E-state index contributed by atoms with van der Waals surface area (Å²) < 4.78 is 0. The molecule has 0 aromatic heterocycles. The van der Waals surface area contributed by atoms with Crippen molar-refractivity contribution in [1.29, 1.82) is 0 Å². The zero-order valence-corrected chi connectivity index (χ0v) is 10.0. The lowest BCUT2D eigenvalue weighted by Crippen LogP contribution is -1.98. The molecule has 0 unspecified atom stereocenters. The minimum atomic E-state index is 0.582. The van der Waals surface area contributed by atoms with Crippen LogP contribution >= 0.6 is 11.6 Å². The Balaban J connectivity index is 1.93. The number of hydrogen-bond donors (Lipinski definition) is 1. The van der Waals surface area contributed by atoms with Gasteiger partial charge >= 0.3 is 0 Å². The Hall–Kier alpha value is -1.91. The van der Waals surface area contributed by atoms with Crippen LogP contribution in [0.15, 0.2) is 54.6 Å². The summed E-state index contributed by atoms with van der Waals surface area (Å²) in [7, 11) is 0. The molecule has 0 amide bonds. The van der Waals surface area contributed by atoms with Crippen molar-refractivity contribution in [2.24, 2.45) is 0 Å². The summed E-state index contributed by atoms with van der Waals surface area (Å²) in [4.78, 5) is 0. The summed E-state index contributed by atoms with van der Waals surface area (Å²) in [5.41, 5.74) is 1.94. The molecule has 2 heteroatoms. The van der Waals surface area contributed by atoms with Gasteiger partial charge in [0.05, 0.1) is 17.3 Å². The second-order valence-corrected chi connectivity index (χ2v) is 3.91. The van der Waals surface area contributed by atoms with Crippen LogP contribution in [0.2, 0.25) is 5.02 Å². The lowest BCUT2D eigenvalue weighted by Gasteiger charge is -2.03. The quantitative estimate of drug-likeness (QED) is 0.789. The summed E-state index contributed by atoms with van der Waals surface area (Å²) in [6.45, 7) is 0.582. The van der Waals surface area contributed by atoms with Gasteiger partial charge in [-0.3, -0.25) is 0 Å². The molecule has 0 atom stereocenters. The molecule has 0 bridgehead atoms. The molecule has 0 spiro atoms. The molecule has 1 N–H and O–H groups in total. The smallest absolute Gasteiger partial charge is 0.0770 e. The molecule has 0 saturated carbocycles. The molecule has 0 radical (unpaired) electrons. The van der Waals surface area contributed by atoms with Gasteiger partial charge in [0.1, 0.15) is 0 Å². The van der Waals surface area contributed by atoms with Crippen LogP contribution in [0, 0.1) is 11.8 Å². The maximum Gasteiger partial charge on any atom is 0.0770 e. The standard InChI is InChI=1S/C15H12ClN/c16-14-10-4-5-11-15(14)17-12-6-9-13-7-2-1-3-8-13/h1-5,7-8,10-11,17H,12H2. The van der Waals surface area contributed by atoms with Gasteiger partial charge in [-0.1, -0.05) is 53.8 Å². The van der Waals surface area contributed by atoms with Gasteiger partial charge in [0.15, 0.2) is 0 Å². The van der Waals surface area contributed by atoms with Crippen LogP contribution in [0.4, 0.5) is 5.69 Å². The van der Waals surface area contributed by atoms with E-state index in [0.29, 0.717) is 11.6 Å². The summed E-state index contributed by atoms with van der Waals surface area (Å²) in [6, 6.07) is 17.6. The molecule has 0 aliphatic rings. The average molecular weight is 242 g/mol. The van der Waals surface area contributed by atoms with Gasteiger partial charge in [0, 0.05) is 5.56 Å². The van der Waals surface area contributed by atoms with Gasteiger partial charge in [-0.25, -0.2) is 0 Å². The lowest BCUT2D eigenvalue weighted by molar-refractivity contribution is 1.38. The van der Waals surface area contributed by atoms with E-state index in [2.05, 4.69) is 17.2 Å². The molecule has 0 aliphatic carbocycles. The van der Waals surface area contributed by atoms with E-state index < -0.39 is 0 Å². The molecule has 0 heterocycles. The van der Waals surface area contributed by atoms with Gasteiger partial charge in [-0.05, 0) is 24.3 Å². The van der Waals surface area contributed by atoms with Gasteiger partial charge in [0.25, 0.3) is 0 Å². The Bertz CT molecular complexity index is 538. The number of halogens is 1. The minimum Gasteiger partial charge on any atom is -0.373 e. The third kappa shape index (κ3) is 3.55. The number of nitrogens with one attached hydrogen (secondary N) is 1. The minimum absolute atomic E-state index is 0.582. The Morgan fingerprint density at radius 3 is 2.41 bits per heavy atom. The highest BCUT2D eigenvalue weighted by molar-refractivity contribution is 6.33. The summed E-state index contributed by atoms with van der Waals surface area (Å²) >= 11 is 6.01. The highest BCUT2D eigenvalue weighted by atomic mass is 35.5. The monoisotopic (exact) mass is 241 g/mol. The number of hydrogen-bond acceptors (Lipinski definition) is 1. The van der Waals surface area contributed by atoms with E-state index in [1.54, 1.807) is 0 Å². The first kappa shape index (κ1) is 11.6. The Morgan fingerprint density at radius 2 is 1.65 bits per heavy atom. The van der Waals surface area contributed by atoms with Crippen molar-refractivity contribution in [3.05, 3.63) is 65.2 Å². The predicted molar refractivity (Wildman–Crippen MR) is 73.3 cm³/mol. The van der Waals surface area contributed by atoms with E-state index in [1.807, 2.05) is 54.6 Å². The normalized spacial score (nSPS) is 9.24. The van der Waals surface area contributed by atoms with Crippen molar-refractivity contribution in [1.82, 2.24) is 0 Å². The third-order valence-corrected chi connectivity index (χ3v) is 2.58. The Kier molecular flexibility index (Phi) is 4.07. The number of para-hydroxylation sites is 1. The van der Waals surface area contributed by atoms with E-state index in [1.165, 1.54) is 0 Å². The van der Waals surface area contributed by atoms with Gasteiger partial charge in [-0.2, -0.15) is 0 Å². The molecule has 84 valence electrons. The lowest BCUT2D eigenvalue weighted by atomic mass is 10.2. The molecular formula is C15H12ClN. The highest BCUT2D eigenvalue weighted by Crippen LogP contribution is 2.19. The van der Waals surface area contributed by atoms with Crippen LogP contribution in [0.1, 0.15) is 5.56 Å². The number of rotatable bonds is 2. The molecule has 1 nitrogen and oxygen atoms in total. The van der Waals surface area contributed by atoms with Crippen LogP contribution in [-0.2, 0) is 0 Å². The van der Waals surface area contributed by atoms with Crippen molar-refractivity contribution in [2.45, 2.75) is 0 Å². The molecule has 0 saturated heterocycles. The molecule has 0 fully saturated rings. The largest absolute Gasteiger partial charge is 0.373 e. The fraction of sp³-hybridized carbons (Fsp3) is 0.0667. The summed E-state index contributed by atoms with van der Waals surface area (Å²) in [5, 5.41) is 3.89. The second kappa shape index (κ2) is 5.98. The van der Waals surface area contributed by atoms with Crippen molar-refractivity contribution in [3.8, 4) is 11.8 Å². The van der Waals surface area contributed by atoms with E-state index in [-0.39, 0.29) is 0 Å². The Morgan fingerprint density at radius 1 is 0.941 bits per heavy atom. The highest BCUT2D eigenvalue weighted by Gasteiger charge is 1.94. The van der Waals surface area contributed by atoms with E-state index >= 15 is 0 Å². The zero-order valence-electron chi connectivity index (χ0n) is 9.28. The van der Waals surface area contributed by atoms with Gasteiger partial charge in [-0.15, -0.1) is 0 Å². The maximum atomic E-state index is 6.01. The van der Waals surface area contributed by atoms with Crippen molar-refractivity contribution < 1.29 is 0 Å². The molecule has 2 rings (SSSR count). The van der Waals surface area contributed by atoms with Crippen molar-refractivity contribution in [2.75, 3.05) is 11.9 Å². The molecular weight excluding hydrogens is 230 g/mol. The van der Waals surface area contributed by atoms with E-state index in [9.17, 15) is 0 Å². The first-order valence-electron chi connectivity index (χ1n) is 5.38. The second-order valence-electron chi connectivity index (χ2n) is 3.50. The third-order valence-electron chi connectivity index (χ3n) is 2.25. The van der Waals surface area contributed by atoms with Crippen molar-refractivity contribution in [3.63, 3.8) is 0 Å². The van der Waals surface area contributed by atoms with Gasteiger partial charge in [0.2, 0.25) is 0 Å². The van der Waals surface area contributed by atoms with E-state index in [0.717, 1.165) is 11.3 Å². The fourth-order valence-electron chi connectivity index (χ4n) is 1.41. The SMILES string of the molecule is Clc1ccccc1NCC#Cc1ccccc1. The first-order valence-corrected chi connectivity index (χ1v) is 5.76.